The van der Waals surface area contributed by atoms with E-state index in [-0.39, 0.29) is 22.8 Å². The van der Waals surface area contributed by atoms with E-state index in [2.05, 4.69) is 45.3 Å². The van der Waals surface area contributed by atoms with Crippen LogP contribution in [0.1, 0.15) is 53.5 Å². The van der Waals surface area contributed by atoms with Crippen LogP contribution < -0.4 is 10.6 Å². The second-order valence-electron chi connectivity index (χ2n) is 7.72. The Balaban J connectivity index is 2.59. The lowest BCUT2D eigenvalue weighted by atomic mass is 9.81. The smallest absolute Gasteiger partial charge is 0.224 e. The highest BCUT2D eigenvalue weighted by atomic mass is 16.2. The Morgan fingerprint density at radius 2 is 1.55 bits per heavy atom. The zero-order valence-corrected chi connectivity index (χ0v) is 14.5. The fourth-order valence-electron chi connectivity index (χ4n) is 2.89. The van der Waals surface area contributed by atoms with Gasteiger partial charge in [-0.15, -0.1) is 0 Å². The monoisotopic (exact) mass is 304 g/mol. The molecular weight excluding hydrogens is 276 g/mol. The van der Waals surface area contributed by atoms with E-state index in [1.165, 1.54) is 6.92 Å². The van der Waals surface area contributed by atoms with Gasteiger partial charge < -0.3 is 10.6 Å². The van der Waals surface area contributed by atoms with Gasteiger partial charge in [0.25, 0.3) is 0 Å². The van der Waals surface area contributed by atoms with Crippen LogP contribution in [0, 0.1) is 5.41 Å². The van der Waals surface area contributed by atoms with Gasteiger partial charge >= 0.3 is 0 Å². The van der Waals surface area contributed by atoms with Crippen LogP contribution in [-0.4, -0.2) is 17.4 Å². The fraction of sp³-hybridized carbons (Fsp3) is 0.556. The van der Waals surface area contributed by atoms with Crippen LogP contribution in [0.4, 0.5) is 5.69 Å². The molecule has 2 amide bonds. The van der Waals surface area contributed by atoms with Crippen molar-refractivity contribution in [2.45, 2.75) is 59.9 Å². The van der Waals surface area contributed by atoms with Gasteiger partial charge in [-0.3, -0.25) is 9.59 Å². The van der Waals surface area contributed by atoms with E-state index in [0.717, 1.165) is 17.7 Å². The average molecular weight is 304 g/mol. The zero-order valence-electron chi connectivity index (χ0n) is 14.5. The van der Waals surface area contributed by atoms with Gasteiger partial charge in [-0.1, -0.05) is 32.9 Å². The molecule has 0 aromatic heterocycles. The first-order valence-corrected chi connectivity index (χ1v) is 7.64. The van der Waals surface area contributed by atoms with Crippen molar-refractivity contribution in [3.8, 4) is 0 Å². The largest absolute Gasteiger partial charge is 0.351 e. The highest BCUT2D eigenvalue weighted by Gasteiger charge is 2.26. The van der Waals surface area contributed by atoms with Gasteiger partial charge in [0, 0.05) is 18.2 Å². The summed E-state index contributed by atoms with van der Waals surface area (Å²) >= 11 is 0. The van der Waals surface area contributed by atoms with Crippen molar-refractivity contribution >= 4 is 17.5 Å². The number of nitrogens with one attached hydrogen (secondary N) is 2. The predicted molar refractivity (Wildman–Crippen MR) is 90.7 cm³/mol. The summed E-state index contributed by atoms with van der Waals surface area (Å²) in [7, 11) is 0. The SMILES string of the molecule is CC(=O)Nc1ccc(CC(=O)NC(C)(C)CC(C)(C)C)cc1. The summed E-state index contributed by atoms with van der Waals surface area (Å²) < 4.78 is 0. The lowest BCUT2D eigenvalue weighted by molar-refractivity contribution is -0.122. The first-order valence-electron chi connectivity index (χ1n) is 7.64. The molecule has 0 atom stereocenters. The van der Waals surface area contributed by atoms with Crippen LogP contribution in [0.3, 0.4) is 0 Å². The molecule has 1 aromatic rings. The normalized spacial score (nSPS) is 11.9. The minimum atomic E-state index is -0.231. The van der Waals surface area contributed by atoms with Crippen molar-refractivity contribution in [2.75, 3.05) is 5.32 Å². The molecule has 0 saturated carbocycles. The van der Waals surface area contributed by atoms with Gasteiger partial charge in [0.15, 0.2) is 0 Å². The maximum absolute atomic E-state index is 12.2. The third-order valence-corrected chi connectivity index (χ3v) is 3.09. The second-order valence-corrected chi connectivity index (χ2v) is 7.72. The second kappa shape index (κ2) is 6.95. The molecule has 0 aliphatic heterocycles. The third-order valence-electron chi connectivity index (χ3n) is 3.09. The summed E-state index contributed by atoms with van der Waals surface area (Å²) in [6.07, 6.45) is 1.25. The van der Waals surface area contributed by atoms with Gasteiger partial charge in [-0.2, -0.15) is 0 Å². The van der Waals surface area contributed by atoms with E-state index < -0.39 is 0 Å². The molecule has 4 nitrogen and oxygen atoms in total. The van der Waals surface area contributed by atoms with Crippen LogP contribution >= 0.6 is 0 Å². The van der Waals surface area contributed by atoms with Crippen molar-refractivity contribution in [1.82, 2.24) is 5.32 Å². The van der Waals surface area contributed by atoms with Gasteiger partial charge in [0.2, 0.25) is 11.8 Å². The Labute approximate surface area is 133 Å². The average Bonchev–Trinajstić information content (AvgIpc) is 2.26. The number of anilines is 1. The van der Waals surface area contributed by atoms with Crippen molar-refractivity contribution in [3.63, 3.8) is 0 Å². The van der Waals surface area contributed by atoms with Crippen LogP contribution in [-0.2, 0) is 16.0 Å². The van der Waals surface area contributed by atoms with Crippen LogP contribution in [0.15, 0.2) is 24.3 Å². The number of rotatable bonds is 5. The molecule has 0 heterocycles. The van der Waals surface area contributed by atoms with Crippen LogP contribution in [0.2, 0.25) is 0 Å². The molecule has 0 unspecified atom stereocenters. The molecule has 0 aliphatic rings. The van der Waals surface area contributed by atoms with Gasteiger partial charge in [-0.05, 0) is 43.4 Å². The molecule has 0 fully saturated rings. The molecule has 0 radical (unpaired) electrons. The molecule has 1 rings (SSSR count). The fourth-order valence-corrected chi connectivity index (χ4v) is 2.89. The number of carbonyl (C=O) groups is 2. The highest BCUT2D eigenvalue weighted by Crippen LogP contribution is 2.26. The van der Waals surface area contributed by atoms with Gasteiger partial charge in [-0.25, -0.2) is 0 Å². The van der Waals surface area contributed by atoms with E-state index in [4.69, 9.17) is 0 Å². The maximum atomic E-state index is 12.2. The van der Waals surface area contributed by atoms with Crippen molar-refractivity contribution in [3.05, 3.63) is 29.8 Å². The molecule has 122 valence electrons. The number of benzene rings is 1. The Kier molecular flexibility index (Phi) is 5.75. The van der Waals surface area contributed by atoms with E-state index in [0.29, 0.717) is 6.42 Å². The van der Waals surface area contributed by atoms with E-state index >= 15 is 0 Å². The summed E-state index contributed by atoms with van der Waals surface area (Å²) in [6, 6.07) is 7.35. The minimum Gasteiger partial charge on any atom is -0.351 e. The lowest BCUT2D eigenvalue weighted by Crippen LogP contribution is -2.46. The molecule has 2 N–H and O–H groups in total. The molecular formula is C18H28N2O2. The van der Waals surface area contributed by atoms with Crippen LogP contribution in [0.5, 0.6) is 0 Å². The first-order chi connectivity index (χ1) is 9.97. The van der Waals surface area contributed by atoms with Crippen molar-refractivity contribution in [2.24, 2.45) is 5.41 Å². The summed E-state index contributed by atoms with van der Waals surface area (Å²) in [5, 5.41) is 5.81. The molecule has 0 bridgehead atoms. The molecule has 0 spiro atoms. The summed E-state index contributed by atoms with van der Waals surface area (Å²) in [6.45, 7) is 12.1. The zero-order chi connectivity index (χ0) is 17.0. The van der Waals surface area contributed by atoms with Crippen LogP contribution in [0.25, 0.3) is 0 Å². The summed E-state index contributed by atoms with van der Waals surface area (Å²) in [4.78, 5) is 23.2. The predicted octanol–water partition coefficient (Wildman–Crippen LogP) is 3.52. The van der Waals surface area contributed by atoms with Crippen molar-refractivity contribution < 1.29 is 9.59 Å². The van der Waals surface area contributed by atoms with E-state index in [1.807, 2.05) is 24.3 Å². The Morgan fingerprint density at radius 1 is 1.00 bits per heavy atom. The van der Waals surface area contributed by atoms with Gasteiger partial charge in [0.1, 0.15) is 0 Å². The third kappa shape index (κ3) is 7.25. The number of carbonyl (C=O) groups excluding carboxylic acids is 2. The van der Waals surface area contributed by atoms with E-state index in [1.54, 1.807) is 0 Å². The quantitative estimate of drug-likeness (QED) is 0.874. The summed E-state index contributed by atoms with van der Waals surface area (Å²) in [5.41, 5.74) is 1.60. The highest BCUT2D eigenvalue weighted by molar-refractivity contribution is 5.88. The molecule has 4 heteroatoms. The maximum Gasteiger partial charge on any atom is 0.224 e. The Hall–Kier alpha value is -1.84. The number of hydrogen-bond acceptors (Lipinski definition) is 2. The van der Waals surface area contributed by atoms with Gasteiger partial charge in [0.05, 0.1) is 6.42 Å². The Morgan fingerprint density at radius 3 is 2.00 bits per heavy atom. The number of hydrogen-bond donors (Lipinski definition) is 2. The standard InChI is InChI=1S/C18H28N2O2/c1-13(21)19-15-9-7-14(8-10-15)11-16(22)20-18(5,6)12-17(2,3)4/h7-10H,11-12H2,1-6H3,(H,19,21)(H,20,22). The lowest BCUT2D eigenvalue weighted by Gasteiger charge is -2.33. The molecule has 1 aromatic carbocycles. The first kappa shape index (κ1) is 18.2. The molecule has 0 saturated heterocycles. The minimum absolute atomic E-state index is 0.0153. The number of amides is 2. The molecule has 0 aliphatic carbocycles. The Bertz CT molecular complexity index is 525. The molecule has 22 heavy (non-hydrogen) atoms. The van der Waals surface area contributed by atoms with E-state index in [9.17, 15) is 9.59 Å². The topological polar surface area (TPSA) is 58.2 Å². The van der Waals surface area contributed by atoms with Crippen molar-refractivity contribution in [1.29, 1.82) is 0 Å². The summed E-state index contributed by atoms with van der Waals surface area (Å²) in [5.74, 6) is -0.0871.